The molecule has 13 heavy (non-hydrogen) atoms. The largest absolute Gasteiger partial charge is 0.374 e. The van der Waals surface area contributed by atoms with Crippen molar-refractivity contribution in [3.8, 4) is 10.5 Å². The van der Waals surface area contributed by atoms with Crippen molar-refractivity contribution in [2.24, 2.45) is 0 Å². The van der Waals surface area contributed by atoms with Crippen LogP contribution in [0.5, 0.6) is 0 Å². The minimum Gasteiger partial charge on any atom is -0.374 e. The molecule has 0 saturated carbocycles. The molecule has 0 saturated heterocycles. The van der Waals surface area contributed by atoms with Crippen molar-refractivity contribution in [2.45, 2.75) is 5.16 Å². The molecule has 1 rings (SSSR count). The molecule has 0 bridgehead atoms. The zero-order valence-electron chi connectivity index (χ0n) is 5.96. The van der Waals surface area contributed by atoms with Gasteiger partial charge < -0.3 is 5.73 Å². The number of nitrogen functional groups attached to an aromatic ring is 1. The van der Waals surface area contributed by atoms with E-state index in [0.29, 0.717) is 22.3 Å². The molecular formula is C4H3N3O3S3. The molecule has 9 heteroatoms. The maximum atomic E-state index is 7.73. The van der Waals surface area contributed by atoms with Gasteiger partial charge in [0.05, 0.1) is 0 Å². The summed E-state index contributed by atoms with van der Waals surface area (Å²) in [6, 6.07) is 0. The maximum Gasteiger partial charge on any atom is 0.214 e. The van der Waals surface area contributed by atoms with Crippen molar-refractivity contribution >= 4 is 40.5 Å². The van der Waals surface area contributed by atoms with Gasteiger partial charge in [-0.3, -0.25) is 0 Å². The Balaban J connectivity index is 2.28. The monoisotopic (exact) mass is 237 g/mol. The number of rotatable bonds is 3. The van der Waals surface area contributed by atoms with Crippen LogP contribution in [0.1, 0.15) is 0 Å². The summed E-state index contributed by atoms with van der Waals surface area (Å²) in [7, 11) is 0. The van der Waals surface area contributed by atoms with Crippen LogP contribution >= 0.6 is 35.3 Å². The van der Waals surface area contributed by atoms with E-state index >= 15 is 0 Å². The molecule has 0 radical (unpaired) electrons. The van der Waals surface area contributed by atoms with Crippen LogP contribution in [-0.2, 0) is 9.37 Å². The third-order valence-electron chi connectivity index (χ3n) is 0.713. The lowest BCUT2D eigenvalue weighted by Gasteiger charge is -1.82. The molecule has 1 heterocycles. The van der Waals surface area contributed by atoms with Gasteiger partial charge in [-0.05, 0) is 5.25 Å². The van der Waals surface area contributed by atoms with E-state index < -0.39 is 0 Å². The van der Waals surface area contributed by atoms with E-state index in [9.17, 15) is 0 Å². The van der Waals surface area contributed by atoms with Gasteiger partial charge in [0.15, 0.2) is 0 Å². The van der Waals surface area contributed by atoms with E-state index in [1.54, 1.807) is 0 Å². The van der Waals surface area contributed by atoms with Crippen LogP contribution in [0, 0.1) is 10.5 Å². The Morgan fingerprint density at radius 1 is 1.54 bits per heavy atom. The minimum absolute atomic E-state index is 0.395. The number of nitrogens with two attached hydrogens (primary N) is 1. The van der Waals surface area contributed by atoms with Crippen molar-refractivity contribution < 1.29 is 14.6 Å². The Bertz CT molecular complexity index is 319. The van der Waals surface area contributed by atoms with Gasteiger partial charge in [-0.25, -0.2) is 5.26 Å². The zero-order valence-corrected chi connectivity index (χ0v) is 8.41. The average Bonchev–Trinajstić information content (AvgIpc) is 2.51. The lowest BCUT2D eigenvalue weighted by atomic mass is 11.2. The highest BCUT2D eigenvalue weighted by Gasteiger charge is 1.97. The second-order valence-electron chi connectivity index (χ2n) is 1.45. The Kier molecular flexibility index (Phi) is 4.91. The molecule has 0 aliphatic heterocycles. The summed E-state index contributed by atoms with van der Waals surface area (Å²) in [6.45, 7) is 0. The zero-order chi connectivity index (χ0) is 9.52. The first-order chi connectivity index (χ1) is 6.33. The molecule has 0 aromatic carbocycles. The van der Waals surface area contributed by atoms with Gasteiger partial charge in [-0.15, -0.1) is 4.33 Å². The Morgan fingerprint density at radius 2 is 2.38 bits per heavy atom. The number of hydrogen-bond donors (Lipinski definition) is 2. The van der Waals surface area contributed by atoms with Gasteiger partial charge >= 0.3 is 0 Å². The van der Waals surface area contributed by atoms with Gasteiger partial charge in [0.25, 0.3) is 0 Å². The van der Waals surface area contributed by atoms with Gasteiger partial charge in [-0.1, -0.05) is 5.04 Å². The molecule has 6 nitrogen and oxygen atoms in total. The van der Waals surface area contributed by atoms with E-state index in [1.165, 1.54) is 0 Å². The topological polar surface area (TPSA) is 90.5 Å². The summed E-state index contributed by atoms with van der Waals surface area (Å²) in [5.41, 5.74) is 5.33. The number of aromatic nitrogens is 2. The van der Waals surface area contributed by atoms with Crippen LogP contribution in [-0.4, -0.2) is 14.6 Å². The third kappa shape index (κ3) is 4.32. The molecule has 70 valence electrons. The first-order valence-corrected chi connectivity index (χ1v) is 5.06. The van der Waals surface area contributed by atoms with Crippen LogP contribution in [0.3, 0.4) is 0 Å². The standard InChI is InChI=1S/C4H3N3O3S3/c5-3-6-4(7-13-3)11-1-2-12-10-9-8/h8H,(H2,5,6,7). The highest BCUT2D eigenvalue weighted by molar-refractivity contribution is 8.05. The molecule has 0 amide bonds. The van der Waals surface area contributed by atoms with Crippen LogP contribution in [0.2, 0.25) is 0 Å². The molecule has 0 aliphatic rings. The second-order valence-corrected chi connectivity index (χ2v) is 3.51. The first kappa shape index (κ1) is 10.6. The summed E-state index contributed by atoms with van der Waals surface area (Å²) in [5, 5.41) is 17.0. The van der Waals surface area contributed by atoms with E-state index in [4.69, 9.17) is 11.0 Å². The number of nitrogens with zero attached hydrogens (tertiary/aromatic N) is 2. The van der Waals surface area contributed by atoms with Crippen molar-refractivity contribution in [3.05, 3.63) is 0 Å². The molecule has 0 atom stereocenters. The van der Waals surface area contributed by atoms with Crippen molar-refractivity contribution in [1.82, 2.24) is 9.36 Å². The predicted molar refractivity (Wildman–Crippen MR) is 50.3 cm³/mol. The quantitative estimate of drug-likeness (QED) is 0.202. The number of hydrogen-bond acceptors (Lipinski definition) is 9. The second kappa shape index (κ2) is 6.03. The normalized spacial score (nSPS) is 9.31. The molecule has 1 aromatic heterocycles. The summed E-state index contributed by atoms with van der Waals surface area (Å²) >= 11 is 2.84. The van der Waals surface area contributed by atoms with Crippen LogP contribution in [0.25, 0.3) is 0 Å². The van der Waals surface area contributed by atoms with Crippen molar-refractivity contribution in [1.29, 1.82) is 0 Å². The van der Waals surface area contributed by atoms with Gasteiger partial charge in [0.2, 0.25) is 10.3 Å². The minimum atomic E-state index is 0.395. The van der Waals surface area contributed by atoms with Gasteiger partial charge in [0.1, 0.15) is 12.0 Å². The Morgan fingerprint density at radius 3 is 3.00 bits per heavy atom. The highest BCUT2D eigenvalue weighted by atomic mass is 32.2. The fraction of sp³-hybridized carbons (Fsp3) is 0. The Labute approximate surface area is 86.1 Å². The summed E-state index contributed by atoms with van der Waals surface area (Å²) in [6.07, 6.45) is 0. The number of anilines is 1. The fourth-order valence-electron chi connectivity index (χ4n) is 0.378. The number of thioether (sulfide) groups is 1. The highest BCUT2D eigenvalue weighted by Crippen LogP contribution is 2.16. The van der Waals surface area contributed by atoms with Gasteiger partial charge in [0, 0.05) is 28.5 Å². The van der Waals surface area contributed by atoms with Crippen LogP contribution in [0.4, 0.5) is 5.13 Å². The van der Waals surface area contributed by atoms with E-state index in [0.717, 1.165) is 23.3 Å². The third-order valence-corrected chi connectivity index (χ3v) is 2.38. The summed E-state index contributed by atoms with van der Waals surface area (Å²) in [4.78, 5) is 3.84. The molecule has 0 fully saturated rings. The molecule has 1 aromatic rings. The molecule has 3 N–H and O–H groups in total. The first-order valence-electron chi connectivity index (χ1n) is 2.72. The SMILES string of the molecule is Nc1nc(SC#CSOOO)ns1. The fourth-order valence-corrected chi connectivity index (χ4v) is 1.64. The Hall–Kier alpha value is -0.500. The van der Waals surface area contributed by atoms with Crippen LogP contribution < -0.4 is 5.73 Å². The maximum absolute atomic E-state index is 7.73. The summed E-state index contributed by atoms with van der Waals surface area (Å²) < 4.78 is 7.87. The smallest absolute Gasteiger partial charge is 0.214 e. The molecular weight excluding hydrogens is 234 g/mol. The van der Waals surface area contributed by atoms with Gasteiger partial charge in [-0.2, -0.15) is 9.36 Å². The van der Waals surface area contributed by atoms with Crippen LogP contribution in [0.15, 0.2) is 5.16 Å². The van der Waals surface area contributed by atoms with Crippen molar-refractivity contribution in [2.75, 3.05) is 5.73 Å². The molecule has 0 unspecified atom stereocenters. The van der Waals surface area contributed by atoms with E-state index in [1.807, 2.05) is 0 Å². The lowest BCUT2D eigenvalue weighted by Crippen LogP contribution is -1.80. The van der Waals surface area contributed by atoms with E-state index in [-0.39, 0.29) is 0 Å². The molecule has 0 spiro atoms. The average molecular weight is 237 g/mol. The van der Waals surface area contributed by atoms with E-state index in [2.05, 4.69) is 29.2 Å². The predicted octanol–water partition coefficient (Wildman–Crippen LogP) is 1.20. The summed E-state index contributed by atoms with van der Waals surface area (Å²) in [5.74, 6) is 0. The molecule has 0 aliphatic carbocycles. The lowest BCUT2D eigenvalue weighted by molar-refractivity contribution is -0.431. The van der Waals surface area contributed by atoms with Crippen molar-refractivity contribution in [3.63, 3.8) is 0 Å².